The molecule has 0 unspecified atom stereocenters. The smallest absolute Gasteiger partial charge is 0.248 e. The molecular formula is C11H19N2O2+. The Bertz CT molecular complexity index is 284. The summed E-state index contributed by atoms with van der Waals surface area (Å²) in [6.07, 6.45) is 7.67. The van der Waals surface area contributed by atoms with Gasteiger partial charge in [-0.25, -0.2) is 9.13 Å². The normalized spacial score (nSPS) is 10.5. The molecule has 1 rings (SSSR count). The Labute approximate surface area is 90.7 Å². The first-order valence-corrected chi connectivity index (χ1v) is 5.21. The predicted octanol–water partition coefficient (Wildman–Crippen LogP) is 0.929. The van der Waals surface area contributed by atoms with E-state index in [1.807, 2.05) is 30.2 Å². The lowest BCUT2D eigenvalue weighted by atomic mass is 10.6. The van der Waals surface area contributed by atoms with E-state index in [2.05, 4.69) is 11.1 Å². The lowest BCUT2D eigenvalue weighted by molar-refractivity contribution is -0.697. The maximum absolute atomic E-state index is 5.40. The summed E-state index contributed by atoms with van der Waals surface area (Å²) < 4.78 is 14.5. The van der Waals surface area contributed by atoms with Gasteiger partial charge in [-0.1, -0.05) is 6.58 Å². The Kier molecular flexibility index (Phi) is 5.73. The second kappa shape index (κ2) is 7.20. The number of ether oxygens (including phenoxy) is 2. The van der Waals surface area contributed by atoms with Crippen molar-refractivity contribution in [2.75, 3.05) is 26.4 Å². The maximum Gasteiger partial charge on any atom is 0.248 e. The van der Waals surface area contributed by atoms with Crippen molar-refractivity contribution in [3.8, 4) is 0 Å². The second-order valence-electron chi connectivity index (χ2n) is 3.09. The third-order valence-corrected chi connectivity index (χ3v) is 1.99. The molecule has 15 heavy (non-hydrogen) atoms. The molecule has 0 fully saturated rings. The summed E-state index contributed by atoms with van der Waals surface area (Å²) in [6.45, 7) is 9.31. The Balaban J connectivity index is 2.07. The Hall–Kier alpha value is -1.13. The molecule has 0 aromatic carbocycles. The van der Waals surface area contributed by atoms with Gasteiger partial charge in [0.15, 0.2) is 0 Å². The molecule has 0 aliphatic carbocycles. The molecule has 4 nitrogen and oxygen atoms in total. The van der Waals surface area contributed by atoms with Crippen molar-refractivity contribution >= 4 is 6.20 Å². The monoisotopic (exact) mass is 211 g/mol. The van der Waals surface area contributed by atoms with Crippen LogP contribution in [0.1, 0.15) is 6.92 Å². The largest absolute Gasteiger partial charge is 0.379 e. The standard InChI is InChI=1S/C11H19N2O2/c1-3-12-5-6-13(11-12)7-8-15-10-9-14-4-2/h3,5-6,11H,1,4,7-10H2,2H3/q+1. The van der Waals surface area contributed by atoms with Crippen LogP contribution in [0.5, 0.6) is 0 Å². The minimum Gasteiger partial charge on any atom is -0.379 e. The summed E-state index contributed by atoms with van der Waals surface area (Å²) in [4.78, 5) is 0. The van der Waals surface area contributed by atoms with Crippen LogP contribution in [0.25, 0.3) is 6.20 Å². The zero-order chi connectivity index (χ0) is 10.9. The van der Waals surface area contributed by atoms with Gasteiger partial charge in [0.25, 0.3) is 0 Å². The molecule has 4 heteroatoms. The van der Waals surface area contributed by atoms with Crippen LogP contribution in [0, 0.1) is 0 Å². The van der Waals surface area contributed by atoms with Gasteiger partial charge in [0.1, 0.15) is 18.9 Å². The van der Waals surface area contributed by atoms with Crippen LogP contribution in [-0.2, 0) is 16.0 Å². The third-order valence-electron chi connectivity index (χ3n) is 1.99. The molecule has 0 aliphatic rings. The van der Waals surface area contributed by atoms with Crippen LogP contribution in [0.15, 0.2) is 25.3 Å². The fourth-order valence-electron chi connectivity index (χ4n) is 1.19. The van der Waals surface area contributed by atoms with Crippen LogP contribution in [-0.4, -0.2) is 31.0 Å². The zero-order valence-electron chi connectivity index (χ0n) is 9.26. The van der Waals surface area contributed by atoms with Gasteiger partial charge in [-0.15, -0.1) is 0 Å². The molecule has 0 bridgehead atoms. The van der Waals surface area contributed by atoms with E-state index in [-0.39, 0.29) is 0 Å². The highest BCUT2D eigenvalue weighted by atomic mass is 16.5. The molecule has 0 saturated carbocycles. The van der Waals surface area contributed by atoms with E-state index in [0.717, 1.165) is 13.2 Å². The highest BCUT2D eigenvalue weighted by molar-refractivity contribution is 5.12. The lowest BCUT2D eigenvalue weighted by Crippen LogP contribution is -2.33. The van der Waals surface area contributed by atoms with E-state index in [1.165, 1.54) is 0 Å². The first-order chi connectivity index (χ1) is 7.36. The summed E-state index contributed by atoms with van der Waals surface area (Å²) in [5.41, 5.74) is 0. The molecule has 0 aliphatic heterocycles. The summed E-state index contributed by atoms with van der Waals surface area (Å²) in [7, 11) is 0. The van der Waals surface area contributed by atoms with Crippen molar-refractivity contribution in [2.45, 2.75) is 13.5 Å². The van der Waals surface area contributed by atoms with E-state index in [9.17, 15) is 0 Å². The molecule has 84 valence electrons. The van der Waals surface area contributed by atoms with Gasteiger partial charge in [-0.2, -0.15) is 0 Å². The molecule has 1 aromatic heterocycles. The molecule has 1 heterocycles. The topological polar surface area (TPSA) is 27.3 Å². The van der Waals surface area contributed by atoms with Gasteiger partial charge < -0.3 is 9.47 Å². The Morgan fingerprint density at radius 3 is 2.80 bits per heavy atom. The van der Waals surface area contributed by atoms with Crippen LogP contribution in [0.4, 0.5) is 0 Å². The molecule has 0 spiro atoms. The number of hydrogen-bond acceptors (Lipinski definition) is 2. The molecular weight excluding hydrogens is 192 g/mol. The van der Waals surface area contributed by atoms with Gasteiger partial charge in [-0.05, 0) is 6.92 Å². The lowest BCUT2D eigenvalue weighted by Gasteiger charge is -2.02. The van der Waals surface area contributed by atoms with Crippen molar-refractivity contribution in [1.82, 2.24) is 4.57 Å². The van der Waals surface area contributed by atoms with Crippen molar-refractivity contribution in [3.05, 3.63) is 25.3 Å². The van der Waals surface area contributed by atoms with E-state index in [0.29, 0.717) is 19.8 Å². The average molecular weight is 211 g/mol. The first kappa shape index (κ1) is 11.9. The van der Waals surface area contributed by atoms with Crippen LogP contribution < -0.4 is 4.57 Å². The zero-order valence-corrected chi connectivity index (χ0v) is 9.26. The van der Waals surface area contributed by atoms with Crippen molar-refractivity contribution < 1.29 is 14.0 Å². The fraction of sp³-hybridized carbons (Fsp3) is 0.545. The molecule has 0 N–H and O–H groups in total. The summed E-state index contributed by atoms with van der Waals surface area (Å²) in [5.74, 6) is 0. The number of nitrogens with zero attached hydrogens (tertiary/aromatic N) is 2. The van der Waals surface area contributed by atoms with Crippen LogP contribution in [0.3, 0.4) is 0 Å². The SMILES string of the molecule is C=Cn1cc[n+](CCOCCOCC)c1. The number of imidazole rings is 1. The summed E-state index contributed by atoms with van der Waals surface area (Å²) in [6, 6.07) is 0. The quantitative estimate of drug-likeness (QED) is 0.472. The first-order valence-electron chi connectivity index (χ1n) is 5.21. The Morgan fingerprint density at radius 2 is 2.13 bits per heavy atom. The van der Waals surface area contributed by atoms with Crippen molar-refractivity contribution in [3.63, 3.8) is 0 Å². The van der Waals surface area contributed by atoms with E-state index >= 15 is 0 Å². The third kappa shape index (κ3) is 4.76. The summed E-state index contributed by atoms with van der Waals surface area (Å²) >= 11 is 0. The maximum atomic E-state index is 5.40. The molecule has 0 saturated heterocycles. The molecule has 0 atom stereocenters. The summed E-state index contributed by atoms with van der Waals surface area (Å²) in [5, 5.41) is 0. The fourth-order valence-corrected chi connectivity index (χ4v) is 1.19. The molecule has 0 radical (unpaired) electrons. The number of aromatic nitrogens is 2. The van der Waals surface area contributed by atoms with Gasteiger partial charge in [0, 0.05) is 6.61 Å². The van der Waals surface area contributed by atoms with Crippen molar-refractivity contribution in [2.24, 2.45) is 0 Å². The van der Waals surface area contributed by atoms with Gasteiger partial charge in [-0.3, -0.25) is 0 Å². The number of rotatable bonds is 8. The van der Waals surface area contributed by atoms with Crippen molar-refractivity contribution in [1.29, 1.82) is 0 Å². The van der Waals surface area contributed by atoms with E-state index < -0.39 is 0 Å². The van der Waals surface area contributed by atoms with Gasteiger partial charge >= 0.3 is 0 Å². The number of hydrogen-bond donors (Lipinski definition) is 0. The van der Waals surface area contributed by atoms with Crippen LogP contribution >= 0.6 is 0 Å². The minimum absolute atomic E-state index is 0.663. The minimum atomic E-state index is 0.663. The van der Waals surface area contributed by atoms with Gasteiger partial charge in [0.2, 0.25) is 6.33 Å². The van der Waals surface area contributed by atoms with Crippen LogP contribution in [0.2, 0.25) is 0 Å². The molecule has 1 aromatic rings. The second-order valence-corrected chi connectivity index (χ2v) is 3.09. The molecule has 0 amide bonds. The van der Waals surface area contributed by atoms with E-state index in [1.54, 1.807) is 6.20 Å². The van der Waals surface area contributed by atoms with Gasteiger partial charge in [0.05, 0.1) is 26.0 Å². The average Bonchev–Trinajstić information content (AvgIpc) is 2.71. The highest BCUT2D eigenvalue weighted by Gasteiger charge is 1.99. The van der Waals surface area contributed by atoms with E-state index in [4.69, 9.17) is 9.47 Å². The Morgan fingerprint density at radius 1 is 1.33 bits per heavy atom. The predicted molar refractivity (Wildman–Crippen MR) is 58.3 cm³/mol. The highest BCUT2D eigenvalue weighted by Crippen LogP contribution is 1.84.